The monoisotopic (exact) mass is 449 g/mol. The maximum absolute atomic E-state index is 11.6. The van der Waals surface area contributed by atoms with Gasteiger partial charge in [0.2, 0.25) is 0 Å². The molecule has 0 aliphatic heterocycles. The van der Waals surface area contributed by atoms with E-state index in [0.717, 1.165) is 7.40 Å². The largest absolute Gasteiger partial charge is 0.468 e. The van der Waals surface area contributed by atoms with Gasteiger partial charge in [0.15, 0.2) is 0 Å². The number of esters is 1. The Morgan fingerprint density at radius 3 is 2.62 bits per heavy atom. The lowest BCUT2D eigenvalue weighted by Gasteiger charge is -2.22. The highest BCUT2D eigenvalue weighted by molar-refractivity contribution is 14.1. The summed E-state index contributed by atoms with van der Waals surface area (Å²) in [6.45, 7) is 1.96. The van der Waals surface area contributed by atoms with Crippen LogP contribution in [-0.2, 0) is 9.53 Å². The summed E-state index contributed by atoms with van der Waals surface area (Å²) in [6, 6.07) is -0.413. The van der Waals surface area contributed by atoms with Gasteiger partial charge in [0.25, 0.3) is 0 Å². The van der Waals surface area contributed by atoms with Gasteiger partial charge in [0.05, 0.1) is 19.5 Å². The molecule has 0 amide bonds. The lowest BCUT2D eigenvalue weighted by Crippen LogP contribution is -2.41. The molecule has 16 heavy (non-hydrogen) atoms. The molecule has 0 saturated heterocycles. The van der Waals surface area contributed by atoms with E-state index < -0.39 is 0 Å². The number of nitrogens with zero attached hydrogens (tertiary/aromatic N) is 2. The molecule has 90 valence electrons. The van der Waals surface area contributed by atoms with Gasteiger partial charge in [0.1, 0.15) is 13.4 Å². The van der Waals surface area contributed by atoms with Crippen molar-refractivity contribution < 1.29 is 9.53 Å². The average Bonchev–Trinajstić information content (AvgIpc) is 2.60. The Kier molecular flexibility index (Phi) is 5.44. The van der Waals surface area contributed by atoms with E-state index in [0.29, 0.717) is 0 Å². The van der Waals surface area contributed by atoms with Crippen LogP contribution in [0.4, 0.5) is 0 Å². The summed E-state index contributed by atoms with van der Waals surface area (Å²) >= 11 is 4.38. The lowest BCUT2D eigenvalue weighted by atomic mass is 10.1. The van der Waals surface area contributed by atoms with Crippen LogP contribution in [0, 0.1) is 7.40 Å². The third-order valence-electron chi connectivity index (χ3n) is 2.38. The van der Waals surface area contributed by atoms with Crippen molar-refractivity contribution in [1.82, 2.24) is 14.9 Å². The zero-order chi connectivity index (χ0) is 12.3. The van der Waals surface area contributed by atoms with Crippen LogP contribution in [-0.4, -0.2) is 35.7 Å². The van der Waals surface area contributed by atoms with Gasteiger partial charge in [-0.3, -0.25) is 4.79 Å². The molecule has 0 bridgehead atoms. The minimum Gasteiger partial charge on any atom is -0.468 e. The quantitative estimate of drug-likeness (QED) is 0.559. The molecule has 2 atom stereocenters. The van der Waals surface area contributed by atoms with E-state index in [9.17, 15) is 4.79 Å². The summed E-state index contributed by atoms with van der Waals surface area (Å²) < 4.78 is 8.67. The van der Waals surface area contributed by atoms with Crippen LogP contribution in [0.25, 0.3) is 0 Å². The smallest absolute Gasteiger partial charge is 0.325 e. The fraction of sp³-hybridized carbons (Fsp3) is 0.556. The molecule has 1 aromatic rings. The zero-order valence-corrected chi connectivity index (χ0v) is 13.5. The van der Waals surface area contributed by atoms with Crippen LogP contribution in [0.5, 0.6) is 0 Å². The first kappa shape index (κ1) is 14.2. The number of imidazole rings is 1. The molecule has 0 aromatic carbocycles. The van der Waals surface area contributed by atoms with Gasteiger partial charge >= 0.3 is 5.97 Å². The molecule has 1 rings (SSSR count). The van der Waals surface area contributed by atoms with Crippen molar-refractivity contribution in [2.45, 2.75) is 19.0 Å². The van der Waals surface area contributed by atoms with Crippen LogP contribution in [0.2, 0.25) is 0 Å². The van der Waals surface area contributed by atoms with E-state index >= 15 is 0 Å². The Labute approximate surface area is 122 Å². The topological polar surface area (TPSA) is 56.1 Å². The molecule has 1 N–H and O–H groups in total. The van der Waals surface area contributed by atoms with E-state index in [4.69, 9.17) is 4.74 Å². The summed E-state index contributed by atoms with van der Waals surface area (Å²) in [6.07, 6.45) is 1.74. The fourth-order valence-electron chi connectivity index (χ4n) is 1.45. The predicted octanol–water partition coefficient (Wildman–Crippen LogP) is 1.41. The van der Waals surface area contributed by atoms with E-state index in [1.165, 1.54) is 7.11 Å². The summed E-state index contributed by atoms with van der Waals surface area (Å²) in [5.74, 6) is -0.269. The Balaban J connectivity index is 2.95. The molecule has 0 radical (unpaired) electrons. The van der Waals surface area contributed by atoms with Gasteiger partial charge in [0, 0.05) is 0 Å². The van der Waals surface area contributed by atoms with Gasteiger partial charge in [-0.05, 0) is 59.2 Å². The summed E-state index contributed by atoms with van der Waals surface area (Å²) in [7, 11) is 3.13. The molecule has 7 heteroatoms. The maximum Gasteiger partial charge on any atom is 0.325 e. The van der Waals surface area contributed by atoms with E-state index in [-0.39, 0.29) is 18.1 Å². The number of hydrogen-bond acceptors (Lipinski definition) is 4. The number of hydrogen-bond donors (Lipinski definition) is 1. The third-order valence-corrected chi connectivity index (χ3v) is 5.27. The van der Waals surface area contributed by atoms with Gasteiger partial charge in [-0.2, -0.15) is 0 Å². The number of aromatic nitrogens is 2. The van der Waals surface area contributed by atoms with Crippen LogP contribution >= 0.6 is 45.2 Å². The summed E-state index contributed by atoms with van der Waals surface area (Å²) in [5, 5.41) is 2.96. The standard InChI is InChI=1S/C9H13I2N3O2/c1-5(6(12-2)9(15)16-3)14-4-13-7(10)8(14)11/h4-6,12H,1-3H3. The summed E-state index contributed by atoms with van der Waals surface area (Å²) in [5.41, 5.74) is 0. The molecule has 0 spiro atoms. The highest BCUT2D eigenvalue weighted by Gasteiger charge is 2.27. The zero-order valence-electron chi connectivity index (χ0n) is 9.20. The second-order valence-corrected chi connectivity index (χ2v) is 5.31. The van der Waals surface area contributed by atoms with Crippen LogP contribution in [0.15, 0.2) is 6.33 Å². The molecule has 0 aliphatic rings. The molecular weight excluding hydrogens is 436 g/mol. The van der Waals surface area contributed by atoms with Crippen molar-refractivity contribution in [2.75, 3.05) is 14.2 Å². The van der Waals surface area contributed by atoms with Gasteiger partial charge in [-0.1, -0.05) is 0 Å². The molecule has 0 aliphatic carbocycles. The Bertz CT molecular complexity index is 381. The number of likely N-dealkylation sites (N-methyl/N-ethyl adjacent to an activating group) is 1. The number of nitrogens with one attached hydrogen (secondary N) is 1. The van der Waals surface area contributed by atoms with Crippen molar-refractivity contribution in [3.8, 4) is 0 Å². The SMILES string of the molecule is CNC(C(=O)OC)C(C)n1cnc(I)c1I. The number of ether oxygens (including phenoxy) is 1. The first-order valence-corrected chi connectivity index (χ1v) is 6.81. The molecular formula is C9H13I2N3O2. The lowest BCUT2D eigenvalue weighted by molar-refractivity contribution is -0.144. The van der Waals surface area contributed by atoms with Crippen molar-refractivity contribution >= 4 is 51.2 Å². The molecule has 2 unspecified atom stereocenters. The van der Waals surface area contributed by atoms with Crippen LogP contribution < -0.4 is 5.32 Å². The Hall–Kier alpha value is 0.100. The molecule has 1 aromatic heterocycles. The van der Waals surface area contributed by atoms with Gasteiger partial charge in [-0.15, -0.1) is 0 Å². The number of rotatable bonds is 4. The molecule has 5 nitrogen and oxygen atoms in total. The second kappa shape index (κ2) is 6.15. The third kappa shape index (κ3) is 2.86. The predicted molar refractivity (Wildman–Crippen MR) is 77.2 cm³/mol. The normalized spacial score (nSPS) is 14.6. The van der Waals surface area contributed by atoms with Crippen LogP contribution in [0.3, 0.4) is 0 Å². The van der Waals surface area contributed by atoms with Crippen LogP contribution in [0.1, 0.15) is 13.0 Å². The second-order valence-electron chi connectivity index (χ2n) is 3.26. The van der Waals surface area contributed by atoms with E-state index in [1.54, 1.807) is 13.4 Å². The molecule has 0 saturated carbocycles. The number of carbonyl (C=O) groups excluding carboxylic acids is 1. The average molecular weight is 449 g/mol. The highest BCUT2D eigenvalue weighted by Crippen LogP contribution is 2.20. The van der Waals surface area contributed by atoms with Gasteiger partial charge in [-0.25, -0.2) is 4.98 Å². The number of methoxy groups -OCH3 is 1. The van der Waals surface area contributed by atoms with Crippen molar-refractivity contribution in [2.24, 2.45) is 0 Å². The van der Waals surface area contributed by atoms with Crippen molar-refractivity contribution in [3.63, 3.8) is 0 Å². The van der Waals surface area contributed by atoms with Crippen molar-refractivity contribution in [3.05, 3.63) is 13.7 Å². The molecule has 1 heterocycles. The van der Waals surface area contributed by atoms with Crippen molar-refractivity contribution in [1.29, 1.82) is 0 Å². The number of halogens is 2. The fourth-order valence-corrected chi connectivity index (χ4v) is 2.56. The number of carbonyl (C=O) groups is 1. The maximum atomic E-state index is 11.6. The Morgan fingerprint density at radius 1 is 1.62 bits per heavy atom. The Morgan fingerprint density at radius 2 is 2.25 bits per heavy atom. The van der Waals surface area contributed by atoms with E-state index in [2.05, 4.69) is 55.5 Å². The minimum absolute atomic E-state index is 0.0413. The van der Waals surface area contributed by atoms with E-state index in [1.807, 2.05) is 11.5 Å². The molecule has 0 fully saturated rings. The first-order valence-electron chi connectivity index (χ1n) is 4.65. The summed E-state index contributed by atoms with van der Waals surface area (Å²) in [4.78, 5) is 15.8. The highest BCUT2D eigenvalue weighted by atomic mass is 127. The minimum atomic E-state index is -0.372. The van der Waals surface area contributed by atoms with Gasteiger partial charge < -0.3 is 14.6 Å². The first-order chi connectivity index (χ1) is 7.52.